The van der Waals surface area contributed by atoms with Crippen molar-refractivity contribution in [3.8, 4) is 17.6 Å². The summed E-state index contributed by atoms with van der Waals surface area (Å²) in [4.78, 5) is 0. The predicted molar refractivity (Wildman–Crippen MR) is 87.9 cm³/mol. The highest BCUT2D eigenvalue weighted by Crippen LogP contribution is 2.45. The number of methoxy groups -OCH3 is 1. The van der Waals surface area contributed by atoms with Crippen molar-refractivity contribution < 1.29 is 23.0 Å². The molecule has 0 spiro atoms. The molecule has 5 heteroatoms. The zero-order valence-corrected chi connectivity index (χ0v) is 13.6. The van der Waals surface area contributed by atoms with Crippen LogP contribution in [-0.4, -0.2) is 12.2 Å². The minimum absolute atomic E-state index is 0.0304. The lowest BCUT2D eigenvalue weighted by molar-refractivity contribution is -0.137. The van der Waals surface area contributed by atoms with Crippen molar-refractivity contribution in [1.82, 2.24) is 0 Å². The van der Waals surface area contributed by atoms with E-state index in [0.717, 1.165) is 25.0 Å². The molecule has 1 aliphatic carbocycles. The largest absolute Gasteiger partial charge is 0.497 e. The van der Waals surface area contributed by atoms with Crippen molar-refractivity contribution in [1.29, 1.82) is 0 Å². The lowest BCUT2D eigenvalue weighted by Crippen LogP contribution is -2.26. The Balaban J connectivity index is 1.89. The number of alkyl halides is 3. The first kappa shape index (κ1) is 17.4. The van der Waals surface area contributed by atoms with Crippen molar-refractivity contribution in [2.45, 2.75) is 24.6 Å². The van der Waals surface area contributed by atoms with E-state index in [4.69, 9.17) is 4.74 Å². The maximum Gasteiger partial charge on any atom is 0.416 e. The summed E-state index contributed by atoms with van der Waals surface area (Å²) in [5.41, 5.74) is -0.934. The summed E-state index contributed by atoms with van der Waals surface area (Å²) in [7, 11) is 1.56. The molecule has 2 nitrogen and oxygen atoms in total. The second-order valence-electron chi connectivity index (χ2n) is 6.09. The molecule has 3 rings (SSSR count). The van der Waals surface area contributed by atoms with Gasteiger partial charge in [-0.3, -0.25) is 0 Å². The van der Waals surface area contributed by atoms with Crippen LogP contribution < -0.4 is 4.74 Å². The van der Waals surface area contributed by atoms with E-state index >= 15 is 0 Å². The molecule has 0 bridgehead atoms. The van der Waals surface area contributed by atoms with Crippen molar-refractivity contribution in [2.75, 3.05) is 7.11 Å². The van der Waals surface area contributed by atoms with E-state index in [9.17, 15) is 18.3 Å². The Hall–Kier alpha value is -2.45. The van der Waals surface area contributed by atoms with Gasteiger partial charge in [0.1, 0.15) is 5.75 Å². The van der Waals surface area contributed by atoms with Crippen LogP contribution in [0.1, 0.15) is 29.5 Å². The van der Waals surface area contributed by atoms with Crippen LogP contribution in [0.4, 0.5) is 13.2 Å². The van der Waals surface area contributed by atoms with Crippen LogP contribution in [0.15, 0.2) is 48.5 Å². The summed E-state index contributed by atoms with van der Waals surface area (Å²) in [5, 5.41) is 11.0. The highest BCUT2D eigenvalue weighted by Gasteiger charge is 2.44. The molecule has 0 amide bonds. The molecule has 0 aromatic heterocycles. The summed E-state index contributed by atoms with van der Waals surface area (Å²) >= 11 is 0. The van der Waals surface area contributed by atoms with Crippen molar-refractivity contribution in [3.05, 3.63) is 65.2 Å². The first-order valence-electron chi connectivity index (χ1n) is 7.90. The van der Waals surface area contributed by atoms with E-state index in [-0.39, 0.29) is 5.92 Å². The van der Waals surface area contributed by atoms with Crippen molar-refractivity contribution in [2.24, 2.45) is 5.92 Å². The second kappa shape index (κ2) is 6.45. The lowest BCUT2D eigenvalue weighted by atomic mass is 9.89. The van der Waals surface area contributed by atoms with Crippen molar-refractivity contribution >= 4 is 0 Å². The summed E-state index contributed by atoms with van der Waals surface area (Å²) in [6.45, 7) is 0. The van der Waals surface area contributed by atoms with Gasteiger partial charge in [0.15, 0.2) is 5.60 Å². The third-order valence-electron chi connectivity index (χ3n) is 4.31. The first-order chi connectivity index (χ1) is 11.8. The number of benzene rings is 2. The zero-order valence-electron chi connectivity index (χ0n) is 13.6. The fraction of sp³-hybridized carbons (Fsp3) is 0.300. The number of aliphatic hydroxyl groups is 1. The van der Waals surface area contributed by atoms with Crippen LogP contribution in [0.5, 0.6) is 5.75 Å². The summed E-state index contributed by atoms with van der Waals surface area (Å²) in [6.07, 6.45) is -2.64. The van der Waals surface area contributed by atoms with Gasteiger partial charge in [0.25, 0.3) is 0 Å². The lowest BCUT2D eigenvalue weighted by Gasteiger charge is -2.22. The summed E-state index contributed by atoms with van der Waals surface area (Å²) < 4.78 is 42.9. The normalized spacial score (nSPS) is 16.5. The average molecular weight is 346 g/mol. The van der Waals surface area contributed by atoms with Gasteiger partial charge in [0.05, 0.1) is 12.7 Å². The van der Waals surface area contributed by atoms with Gasteiger partial charge in [-0.05, 0) is 54.8 Å². The Morgan fingerprint density at radius 3 is 2.00 bits per heavy atom. The zero-order chi connectivity index (χ0) is 18.1. The number of rotatable bonds is 3. The van der Waals surface area contributed by atoms with Gasteiger partial charge in [-0.15, -0.1) is 0 Å². The van der Waals surface area contributed by atoms with E-state index in [0.29, 0.717) is 16.9 Å². The highest BCUT2D eigenvalue weighted by molar-refractivity contribution is 5.43. The molecule has 2 aromatic carbocycles. The van der Waals surface area contributed by atoms with Gasteiger partial charge in [-0.25, -0.2) is 0 Å². The van der Waals surface area contributed by atoms with E-state index in [1.807, 2.05) is 0 Å². The monoisotopic (exact) mass is 346 g/mol. The quantitative estimate of drug-likeness (QED) is 0.837. The summed E-state index contributed by atoms with van der Waals surface area (Å²) in [5.74, 6) is 6.39. The molecule has 1 saturated carbocycles. The van der Waals surface area contributed by atoms with Crippen LogP contribution in [-0.2, 0) is 11.8 Å². The van der Waals surface area contributed by atoms with Gasteiger partial charge in [-0.1, -0.05) is 24.0 Å². The molecule has 0 aliphatic heterocycles. The van der Waals surface area contributed by atoms with Crippen molar-refractivity contribution in [3.63, 3.8) is 0 Å². The molecular weight excluding hydrogens is 329 g/mol. The molecule has 1 fully saturated rings. The third kappa shape index (κ3) is 3.80. The molecule has 130 valence electrons. The third-order valence-corrected chi connectivity index (χ3v) is 4.31. The number of ether oxygens (including phenoxy) is 1. The summed E-state index contributed by atoms with van der Waals surface area (Å²) in [6, 6.07) is 11.7. The molecule has 1 aliphatic rings. The Bertz CT molecular complexity index is 794. The maximum absolute atomic E-state index is 12.6. The van der Waals surface area contributed by atoms with Gasteiger partial charge in [0, 0.05) is 11.5 Å². The van der Waals surface area contributed by atoms with Crippen LogP contribution in [0.25, 0.3) is 0 Å². The Labute approximate surface area is 144 Å². The number of hydrogen-bond donors (Lipinski definition) is 1. The minimum atomic E-state index is -4.37. The van der Waals surface area contributed by atoms with Gasteiger partial charge in [-0.2, -0.15) is 13.2 Å². The molecule has 1 N–H and O–H groups in total. The molecule has 25 heavy (non-hydrogen) atoms. The molecule has 0 saturated heterocycles. The van der Waals surface area contributed by atoms with Crippen LogP contribution >= 0.6 is 0 Å². The molecular formula is C20H17F3O2. The molecule has 1 atom stereocenters. The maximum atomic E-state index is 12.6. The Morgan fingerprint density at radius 2 is 1.52 bits per heavy atom. The minimum Gasteiger partial charge on any atom is -0.497 e. The molecule has 1 unspecified atom stereocenters. The molecule has 0 radical (unpaired) electrons. The average Bonchev–Trinajstić information content (AvgIpc) is 3.45. The topological polar surface area (TPSA) is 29.5 Å². The van der Waals surface area contributed by atoms with Crippen LogP contribution in [0.3, 0.4) is 0 Å². The number of hydrogen-bond acceptors (Lipinski definition) is 2. The standard InChI is InChI=1S/C20H17F3O2/c1-25-18-10-8-16(9-11-18)19(24,15-6-7-15)13-12-14-2-4-17(5-3-14)20(21,22)23/h2-5,8-11,15,24H,6-7H2,1H3. The Kier molecular flexibility index (Phi) is 4.49. The fourth-order valence-electron chi connectivity index (χ4n) is 2.67. The van der Waals surface area contributed by atoms with Gasteiger partial charge in [0.2, 0.25) is 0 Å². The van der Waals surface area contributed by atoms with E-state index in [2.05, 4.69) is 11.8 Å². The smallest absolute Gasteiger partial charge is 0.416 e. The Morgan fingerprint density at radius 1 is 0.960 bits per heavy atom. The predicted octanol–water partition coefficient (Wildman–Crippen LogP) is 4.36. The van der Waals surface area contributed by atoms with E-state index in [1.165, 1.54) is 12.1 Å². The molecule has 0 heterocycles. The SMILES string of the molecule is COc1ccc(C(O)(C#Cc2ccc(C(F)(F)F)cc2)C2CC2)cc1. The van der Waals surface area contributed by atoms with Gasteiger partial charge >= 0.3 is 6.18 Å². The highest BCUT2D eigenvalue weighted by atomic mass is 19.4. The fourth-order valence-corrected chi connectivity index (χ4v) is 2.67. The second-order valence-corrected chi connectivity index (χ2v) is 6.09. The van der Waals surface area contributed by atoms with E-state index < -0.39 is 17.3 Å². The van der Waals surface area contributed by atoms with Crippen LogP contribution in [0.2, 0.25) is 0 Å². The number of halogens is 3. The van der Waals surface area contributed by atoms with Crippen LogP contribution in [0, 0.1) is 17.8 Å². The first-order valence-corrected chi connectivity index (χ1v) is 7.90. The van der Waals surface area contributed by atoms with E-state index in [1.54, 1.807) is 31.4 Å². The molecule has 2 aromatic rings. The van der Waals surface area contributed by atoms with Gasteiger partial charge < -0.3 is 9.84 Å².